The molecule has 27 heavy (non-hydrogen) atoms. The minimum Gasteiger partial charge on any atom is -0.356 e. The van der Waals surface area contributed by atoms with E-state index < -0.39 is 0 Å². The summed E-state index contributed by atoms with van der Waals surface area (Å²) in [5.41, 5.74) is 1.79. The number of rotatable bonds is 4. The molecule has 1 amide bonds. The lowest BCUT2D eigenvalue weighted by atomic mass is 10.2. The molecule has 1 aromatic heterocycles. The lowest BCUT2D eigenvalue weighted by Gasteiger charge is -2.35. The van der Waals surface area contributed by atoms with E-state index in [4.69, 9.17) is 11.6 Å². The fraction of sp³-hybridized carbons (Fsp3) is 0.389. The van der Waals surface area contributed by atoms with Crippen molar-refractivity contribution in [2.45, 2.75) is 13.5 Å². The molecule has 9 heteroatoms. The molecule has 1 saturated heterocycles. The van der Waals surface area contributed by atoms with Crippen LogP contribution in [0.2, 0.25) is 5.02 Å². The maximum atomic E-state index is 12.6. The maximum absolute atomic E-state index is 12.6. The summed E-state index contributed by atoms with van der Waals surface area (Å²) in [6, 6.07) is 7.66. The number of aliphatic imine (C=N–C) groups is 1. The first-order valence-corrected chi connectivity index (χ1v) is 9.02. The highest BCUT2D eigenvalue weighted by Gasteiger charge is 2.27. The van der Waals surface area contributed by atoms with E-state index in [2.05, 4.69) is 15.4 Å². The predicted molar refractivity (Wildman–Crippen MR) is 119 cm³/mol. The highest BCUT2D eigenvalue weighted by Crippen LogP contribution is 2.18. The predicted octanol–water partition coefficient (Wildman–Crippen LogP) is 2.51. The number of benzene rings is 1. The molecule has 1 fully saturated rings. The van der Waals surface area contributed by atoms with Gasteiger partial charge in [0.25, 0.3) is 0 Å². The molecule has 0 saturated carbocycles. The largest absolute Gasteiger partial charge is 0.356 e. The fourth-order valence-electron chi connectivity index (χ4n) is 2.89. The third kappa shape index (κ3) is 5.35. The van der Waals surface area contributed by atoms with Crippen molar-refractivity contribution in [2.75, 3.05) is 31.1 Å². The summed E-state index contributed by atoms with van der Waals surface area (Å²) in [5.74, 6) is 0.763. The van der Waals surface area contributed by atoms with E-state index in [0.29, 0.717) is 24.7 Å². The Morgan fingerprint density at radius 2 is 2.11 bits per heavy atom. The Kier molecular flexibility index (Phi) is 7.91. The van der Waals surface area contributed by atoms with Crippen molar-refractivity contribution >= 4 is 53.1 Å². The van der Waals surface area contributed by atoms with E-state index in [1.165, 1.54) is 0 Å². The van der Waals surface area contributed by atoms with Crippen LogP contribution in [0.15, 0.2) is 41.7 Å². The Bertz CT molecular complexity index is 809. The van der Waals surface area contributed by atoms with Crippen molar-refractivity contribution in [3.8, 4) is 0 Å². The number of nitrogens with zero attached hydrogens (tertiary/aromatic N) is 5. The van der Waals surface area contributed by atoms with Crippen LogP contribution < -0.4 is 10.2 Å². The quantitative estimate of drug-likeness (QED) is 0.396. The third-order valence-corrected chi connectivity index (χ3v) is 4.58. The maximum Gasteiger partial charge on any atom is 0.246 e. The number of carbonyl (C=O) groups excluding carboxylic acids is 1. The SMILES string of the molecule is CCNC(=NCc1ccccc1Cl)N1CCN(c2cnn(C)c2)C(=O)C1.I. The number of anilines is 1. The Morgan fingerprint density at radius 3 is 2.74 bits per heavy atom. The van der Waals surface area contributed by atoms with Gasteiger partial charge in [-0.2, -0.15) is 5.10 Å². The molecule has 7 nitrogen and oxygen atoms in total. The summed E-state index contributed by atoms with van der Waals surface area (Å²) in [4.78, 5) is 21.0. The van der Waals surface area contributed by atoms with Crippen LogP contribution in [0, 0.1) is 0 Å². The second kappa shape index (κ2) is 9.93. The minimum absolute atomic E-state index is 0. The van der Waals surface area contributed by atoms with Crippen LogP contribution >= 0.6 is 35.6 Å². The van der Waals surface area contributed by atoms with Crippen molar-refractivity contribution < 1.29 is 4.79 Å². The van der Waals surface area contributed by atoms with Gasteiger partial charge in [-0.3, -0.25) is 9.48 Å². The van der Waals surface area contributed by atoms with Crippen molar-refractivity contribution in [1.29, 1.82) is 0 Å². The summed E-state index contributed by atoms with van der Waals surface area (Å²) in [6.07, 6.45) is 3.56. The molecule has 146 valence electrons. The van der Waals surface area contributed by atoms with Gasteiger partial charge in [0, 0.05) is 37.9 Å². The number of piperazine rings is 1. The second-order valence-corrected chi connectivity index (χ2v) is 6.51. The van der Waals surface area contributed by atoms with Crippen molar-refractivity contribution in [3.63, 3.8) is 0 Å². The van der Waals surface area contributed by atoms with Gasteiger partial charge < -0.3 is 15.1 Å². The lowest BCUT2D eigenvalue weighted by Crippen LogP contribution is -2.55. The highest BCUT2D eigenvalue weighted by atomic mass is 127. The number of guanidine groups is 1. The standard InChI is InChI=1S/C18H23ClN6O.HI/c1-3-20-18(21-10-14-6-4-5-7-16(14)19)24-8-9-25(17(26)13-24)15-11-22-23(2)12-15;/h4-7,11-12H,3,8-10,13H2,1-2H3,(H,20,21);1H. The third-order valence-electron chi connectivity index (χ3n) is 4.22. The lowest BCUT2D eigenvalue weighted by molar-refractivity contribution is -0.120. The molecule has 0 bridgehead atoms. The summed E-state index contributed by atoms with van der Waals surface area (Å²) in [5, 5.41) is 8.11. The average Bonchev–Trinajstić information content (AvgIpc) is 3.06. The summed E-state index contributed by atoms with van der Waals surface area (Å²) in [6.45, 7) is 4.80. The Labute approximate surface area is 181 Å². The molecule has 0 atom stereocenters. The number of nitrogens with one attached hydrogen (secondary N) is 1. The fourth-order valence-corrected chi connectivity index (χ4v) is 3.08. The normalized spacial score (nSPS) is 14.9. The van der Waals surface area contributed by atoms with Crippen LogP contribution in [-0.4, -0.2) is 52.7 Å². The molecule has 1 aliphatic heterocycles. The van der Waals surface area contributed by atoms with Gasteiger partial charge >= 0.3 is 0 Å². The average molecular weight is 503 g/mol. The molecule has 2 heterocycles. The topological polar surface area (TPSA) is 65.8 Å². The van der Waals surface area contributed by atoms with Crippen LogP contribution in [0.25, 0.3) is 0 Å². The van der Waals surface area contributed by atoms with Gasteiger partial charge in [0.15, 0.2) is 5.96 Å². The number of carbonyl (C=O) groups is 1. The summed E-state index contributed by atoms with van der Waals surface area (Å²) < 4.78 is 1.70. The highest BCUT2D eigenvalue weighted by molar-refractivity contribution is 14.0. The smallest absolute Gasteiger partial charge is 0.246 e. The Morgan fingerprint density at radius 1 is 1.33 bits per heavy atom. The number of amides is 1. The molecule has 0 aliphatic carbocycles. The zero-order valence-corrected chi connectivity index (χ0v) is 18.5. The van der Waals surface area contributed by atoms with Crippen LogP contribution in [0.4, 0.5) is 5.69 Å². The van der Waals surface area contributed by atoms with Crippen molar-refractivity contribution in [1.82, 2.24) is 20.0 Å². The van der Waals surface area contributed by atoms with Gasteiger partial charge in [-0.15, -0.1) is 24.0 Å². The monoisotopic (exact) mass is 502 g/mol. The molecule has 1 aromatic carbocycles. The van der Waals surface area contributed by atoms with Crippen molar-refractivity contribution in [3.05, 3.63) is 47.2 Å². The van der Waals surface area contributed by atoms with Gasteiger partial charge in [0.1, 0.15) is 6.54 Å². The number of hydrogen-bond donors (Lipinski definition) is 1. The van der Waals surface area contributed by atoms with Gasteiger partial charge in [-0.25, -0.2) is 4.99 Å². The zero-order valence-electron chi connectivity index (χ0n) is 15.4. The molecular weight excluding hydrogens is 479 g/mol. The van der Waals surface area contributed by atoms with Gasteiger partial charge in [0.05, 0.1) is 18.4 Å². The second-order valence-electron chi connectivity index (χ2n) is 6.10. The molecular formula is C18H24ClIN6O. The van der Waals surface area contributed by atoms with E-state index in [9.17, 15) is 4.79 Å². The molecule has 2 aromatic rings. The van der Waals surface area contributed by atoms with Gasteiger partial charge in [-0.1, -0.05) is 29.8 Å². The van der Waals surface area contributed by atoms with Gasteiger partial charge in [-0.05, 0) is 18.6 Å². The van der Waals surface area contributed by atoms with E-state index >= 15 is 0 Å². The molecule has 0 radical (unpaired) electrons. The molecule has 3 rings (SSSR count). The van der Waals surface area contributed by atoms with Crippen LogP contribution in [0.3, 0.4) is 0 Å². The Hall–Kier alpha value is -1.81. The van der Waals surface area contributed by atoms with E-state index in [1.54, 1.807) is 15.8 Å². The first-order valence-electron chi connectivity index (χ1n) is 8.64. The van der Waals surface area contributed by atoms with E-state index in [-0.39, 0.29) is 36.4 Å². The molecule has 1 aliphatic rings. The molecule has 1 N–H and O–H groups in total. The zero-order chi connectivity index (χ0) is 18.5. The molecule has 0 unspecified atom stereocenters. The minimum atomic E-state index is 0. The van der Waals surface area contributed by atoms with Crippen LogP contribution in [0.1, 0.15) is 12.5 Å². The number of halogens is 2. The van der Waals surface area contributed by atoms with Crippen molar-refractivity contribution in [2.24, 2.45) is 12.0 Å². The van der Waals surface area contributed by atoms with E-state index in [1.807, 2.05) is 49.3 Å². The number of aromatic nitrogens is 2. The number of hydrogen-bond acceptors (Lipinski definition) is 3. The van der Waals surface area contributed by atoms with Crippen LogP contribution in [-0.2, 0) is 18.4 Å². The van der Waals surface area contributed by atoms with Gasteiger partial charge in [0.2, 0.25) is 5.91 Å². The molecule has 0 spiro atoms. The number of aryl methyl sites for hydroxylation is 1. The first kappa shape index (κ1) is 21.5. The van der Waals surface area contributed by atoms with Crippen LogP contribution in [0.5, 0.6) is 0 Å². The Balaban J connectivity index is 0.00000261. The van der Waals surface area contributed by atoms with E-state index in [0.717, 1.165) is 23.8 Å². The summed E-state index contributed by atoms with van der Waals surface area (Å²) in [7, 11) is 1.84. The first-order chi connectivity index (χ1) is 12.6. The summed E-state index contributed by atoms with van der Waals surface area (Å²) >= 11 is 6.21.